The second-order valence-electron chi connectivity index (χ2n) is 8.06. The van der Waals surface area contributed by atoms with Gasteiger partial charge in [0, 0.05) is 6.04 Å². The van der Waals surface area contributed by atoms with Gasteiger partial charge in [-0.1, -0.05) is 25.7 Å². The molecular weight excluding hydrogens is 230 g/mol. The highest BCUT2D eigenvalue weighted by molar-refractivity contribution is 4.94. The molecule has 4 rings (SSSR count). The minimum Gasteiger partial charge on any atom is -0.314 e. The standard InChI is InChI=1S/C18H31N/c1-2-4-16-11-17(10-9-13(16)3-1)19-12-18(14-5-6-14)15-7-8-15/h13-19H,1-12H2. The summed E-state index contributed by atoms with van der Waals surface area (Å²) in [4.78, 5) is 0. The molecule has 0 aliphatic heterocycles. The van der Waals surface area contributed by atoms with E-state index in [0.29, 0.717) is 0 Å². The summed E-state index contributed by atoms with van der Waals surface area (Å²) in [6.07, 6.45) is 16.8. The lowest BCUT2D eigenvalue weighted by Gasteiger charge is -2.40. The van der Waals surface area contributed by atoms with E-state index in [1.54, 1.807) is 6.42 Å². The summed E-state index contributed by atoms with van der Waals surface area (Å²) in [5.74, 6) is 5.48. The molecule has 4 aliphatic rings. The molecule has 1 heteroatoms. The van der Waals surface area contributed by atoms with E-state index in [-0.39, 0.29) is 0 Å². The molecular formula is C18H31N. The van der Waals surface area contributed by atoms with E-state index in [1.165, 1.54) is 70.8 Å². The zero-order valence-corrected chi connectivity index (χ0v) is 12.4. The SMILES string of the molecule is C1CCC2CC(NCC(C3CC3)C3CC3)CCC2C1. The molecule has 108 valence electrons. The van der Waals surface area contributed by atoms with Crippen LogP contribution in [0.4, 0.5) is 0 Å². The van der Waals surface area contributed by atoms with Gasteiger partial charge < -0.3 is 5.32 Å². The van der Waals surface area contributed by atoms with Crippen molar-refractivity contribution in [2.45, 2.75) is 76.7 Å². The molecule has 3 atom stereocenters. The second kappa shape index (κ2) is 5.39. The summed E-state index contributed by atoms with van der Waals surface area (Å²) in [6, 6.07) is 0.874. The molecule has 0 saturated heterocycles. The first-order valence-electron chi connectivity index (χ1n) is 9.13. The lowest BCUT2D eigenvalue weighted by molar-refractivity contribution is 0.140. The van der Waals surface area contributed by atoms with Gasteiger partial charge in [-0.3, -0.25) is 0 Å². The van der Waals surface area contributed by atoms with E-state index in [4.69, 9.17) is 0 Å². The molecule has 0 heterocycles. The van der Waals surface area contributed by atoms with Crippen molar-refractivity contribution in [3.05, 3.63) is 0 Å². The summed E-state index contributed by atoms with van der Waals surface area (Å²) in [7, 11) is 0. The lowest BCUT2D eigenvalue weighted by atomic mass is 9.69. The Balaban J connectivity index is 1.26. The highest BCUT2D eigenvalue weighted by Gasteiger charge is 2.41. The van der Waals surface area contributed by atoms with E-state index in [1.807, 2.05) is 0 Å². The minimum absolute atomic E-state index is 0.874. The first-order valence-corrected chi connectivity index (χ1v) is 9.13. The van der Waals surface area contributed by atoms with Crippen LogP contribution in [0.5, 0.6) is 0 Å². The van der Waals surface area contributed by atoms with Gasteiger partial charge in [0.2, 0.25) is 0 Å². The fourth-order valence-electron chi connectivity index (χ4n) is 5.13. The smallest absolute Gasteiger partial charge is 0.00700 e. The molecule has 1 N–H and O–H groups in total. The second-order valence-corrected chi connectivity index (χ2v) is 8.06. The fourth-order valence-corrected chi connectivity index (χ4v) is 5.13. The van der Waals surface area contributed by atoms with E-state index in [9.17, 15) is 0 Å². The van der Waals surface area contributed by atoms with E-state index in [2.05, 4.69) is 5.32 Å². The molecule has 4 aliphatic carbocycles. The number of rotatable bonds is 5. The average Bonchev–Trinajstić information content (AvgIpc) is 3.32. The molecule has 4 fully saturated rings. The molecule has 0 radical (unpaired) electrons. The van der Waals surface area contributed by atoms with Crippen molar-refractivity contribution in [2.75, 3.05) is 6.54 Å². The summed E-state index contributed by atoms with van der Waals surface area (Å²) in [5, 5.41) is 4.00. The molecule has 0 aromatic rings. The Morgan fingerprint density at radius 2 is 1.42 bits per heavy atom. The topological polar surface area (TPSA) is 12.0 Å². The van der Waals surface area contributed by atoms with Gasteiger partial charge in [-0.2, -0.15) is 0 Å². The van der Waals surface area contributed by atoms with E-state index in [0.717, 1.165) is 35.6 Å². The van der Waals surface area contributed by atoms with Gasteiger partial charge in [0.15, 0.2) is 0 Å². The highest BCUT2D eigenvalue weighted by Crippen LogP contribution is 2.49. The van der Waals surface area contributed by atoms with Crippen LogP contribution >= 0.6 is 0 Å². The zero-order chi connectivity index (χ0) is 12.7. The van der Waals surface area contributed by atoms with Gasteiger partial charge in [0.25, 0.3) is 0 Å². The Morgan fingerprint density at radius 3 is 2.11 bits per heavy atom. The zero-order valence-electron chi connectivity index (χ0n) is 12.4. The average molecular weight is 261 g/mol. The lowest BCUT2D eigenvalue weighted by Crippen LogP contribution is -2.41. The third-order valence-corrected chi connectivity index (χ3v) is 6.64. The van der Waals surface area contributed by atoms with Gasteiger partial charge in [-0.15, -0.1) is 0 Å². The molecule has 1 nitrogen and oxygen atoms in total. The fraction of sp³-hybridized carbons (Fsp3) is 1.00. The minimum atomic E-state index is 0.874. The van der Waals surface area contributed by atoms with Crippen LogP contribution in [0.1, 0.15) is 70.6 Å². The van der Waals surface area contributed by atoms with Crippen molar-refractivity contribution in [1.82, 2.24) is 5.32 Å². The van der Waals surface area contributed by atoms with Gasteiger partial charge in [0.05, 0.1) is 0 Å². The van der Waals surface area contributed by atoms with Gasteiger partial charge in [-0.25, -0.2) is 0 Å². The Kier molecular flexibility index (Phi) is 3.60. The third kappa shape index (κ3) is 3.01. The molecule has 0 aromatic carbocycles. The Labute approximate surface area is 118 Å². The van der Waals surface area contributed by atoms with Crippen molar-refractivity contribution < 1.29 is 0 Å². The van der Waals surface area contributed by atoms with Gasteiger partial charge >= 0.3 is 0 Å². The number of hydrogen-bond donors (Lipinski definition) is 1. The van der Waals surface area contributed by atoms with E-state index >= 15 is 0 Å². The molecule has 0 amide bonds. The van der Waals surface area contributed by atoms with Crippen molar-refractivity contribution >= 4 is 0 Å². The summed E-state index contributed by atoms with van der Waals surface area (Å²) in [6.45, 7) is 1.36. The Morgan fingerprint density at radius 1 is 0.737 bits per heavy atom. The van der Waals surface area contributed by atoms with Crippen molar-refractivity contribution in [3.63, 3.8) is 0 Å². The van der Waals surface area contributed by atoms with Gasteiger partial charge in [-0.05, 0) is 81.1 Å². The predicted molar refractivity (Wildman–Crippen MR) is 80.0 cm³/mol. The maximum atomic E-state index is 4.00. The molecule has 4 saturated carbocycles. The van der Waals surface area contributed by atoms with Crippen LogP contribution < -0.4 is 5.32 Å². The third-order valence-electron chi connectivity index (χ3n) is 6.64. The molecule has 19 heavy (non-hydrogen) atoms. The molecule has 0 bridgehead atoms. The predicted octanol–water partition coefficient (Wildman–Crippen LogP) is 4.37. The van der Waals surface area contributed by atoms with Crippen LogP contribution in [0.15, 0.2) is 0 Å². The molecule has 0 aromatic heterocycles. The number of nitrogens with one attached hydrogen (secondary N) is 1. The maximum absolute atomic E-state index is 4.00. The molecule has 0 spiro atoms. The van der Waals surface area contributed by atoms with Crippen molar-refractivity contribution in [1.29, 1.82) is 0 Å². The number of fused-ring (bicyclic) bond motifs is 1. The first kappa shape index (κ1) is 12.7. The van der Waals surface area contributed by atoms with Crippen molar-refractivity contribution in [3.8, 4) is 0 Å². The van der Waals surface area contributed by atoms with E-state index < -0.39 is 0 Å². The van der Waals surface area contributed by atoms with Crippen LogP contribution in [-0.4, -0.2) is 12.6 Å². The largest absolute Gasteiger partial charge is 0.314 e. The summed E-state index contributed by atoms with van der Waals surface area (Å²) in [5.41, 5.74) is 0. The summed E-state index contributed by atoms with van der Waals surface area (Å²) >= 11 is 0. The van der Waals surface area contributed by atoms with Crippen LogP contribution in [0.25, 0.3) is 0 Å². The van der Waals surface area contributed by atoms with Crippen molar-refractivity contribution in [2.24, 2.45) is 29.6 Å². The Bertz CT molecular complexity index is 293. The number of hydrogen-bond acceptors (Lipinski definition) is 1. The molecule has 3 unspecified atom stereocenters. The van der Waals surface area contributed by atoms with Crippen LogP contribution in [0.3, 0.4) is 0 Å². The highest BCUT2D eigenvalue weighted by atomic mass is 14.9. The summed E-state index contributed by atoms with van der Waals surface area (Å²) < 4.78 is 0. The van der Waals surface area contributed by atoms with Crippen LogP contribution in [0, 0.1) is 29.6 Å². The normalized spacial score (nSPS) is 39.3. The maximum Gasteiger partial charge on any atom is 0.00700 e. The quantitative estimate of drug-likeness (QED) is 0.775. The van der Waals surface area contributed by atoms with Gasteiger partial charge in [0.1, 0.15) is 0 Å². The van der Waals surface area contributed by atoms with Crippen LogP contribution in [0.2, 0.25) is 0 Å². The monoisotopic (exact) mass is 261 g/mol. The first-order chi connectivity index (χ1) is 9.40. The Hall–Kier alpha value is -0.0400. The van der Waals surface area contributed by atoms with Crippen LogP contribution in [-0.2, 0) is 0 Å².